The molecule has 8 heteroatoms. The van der Waals surface area contributed by atoms with Crippen molar-refractivity contribution in [1.29, 1.82) is 0 Å². The molecule has 24 heavy (non-hydrogen) atoms. The molecule has 0 radical (unpaired) electrons. The van der Waals surface area contributed by atoms with Gasteiger partial charge in [0.25, 0.3) is 0 Å². The molecule has 4 nitrogen and oxygen atoms in total. The van der Waals surface area contributed by atoms with E-state index in [4.69, 9.17) is 4.74 Å². The van der Waals surface area contributed by atoms with E-state index in [0.717, 1.165) is 12.1 Å². The van der Waals surface area contributed by atoms with Crippen molar-refractivity contribution in [3.8, 4) is 0 Å². The lowest BCUT2D eigenvalue weighted by molar-refractivity contribution is -0.149. The fourth-order valence-corrected chi connectivity index (χ4v) is 4.75. The fourth-order valence-electron chi connectivity index (χ4n) is 2.91. The zero-order valence-corrected chi connectivity index (χ0v) is 14.0. The Labute approximate surface area is 138 Å². The summed E-state index contributed by atoms with van der Waals surface area (Å²) in [4.78, 5) is 11.4. The minimum Gasteiger partial charge on any atom is -0.466 e. The number of carbonyl (C=O) groups excluding carboxylic acids is 1. The standard InChI is InChI=1S/C16H19F3O4S/c1-2-23-15(20)11-6-8-13(9-7-11)24(21,22)14-5-3-4-12(10-14)16(17,18)19/h3-5,10-11,13H,2,6-9H2,1H3. The highest BCUT2D eigenvalue weighted by molar-refractivity contribution is 7.92. The van der Waals surface area contributed by atoms with E-state index in [1.807, 2.05) is 0 Å². The van der Waals surface area contributed by atoms with Crippen molar-refractivity contribution in [2.75, 3.05) is 6.61 Å². The lowest BCUT2D eigenvalue weighted by Gasteiger charge is -2.27. The molecule has 1 fully saturated rings. The van der Waals surface area contributed by atoms with Crippen molar-refractivity contribution < 1.29 is 31.1 Å². The molecule has 1 aliphatic carbocycles. The van der Waals surface area contributed by atoms with E-state index in [1.165, 1.54) is 6.07 Å². The largest absolute Gasteiger partial charge is 0.466 e. The van der Waals surface area contributed by atoms with Crippen molar-refractivity contribution in [2.24, 2.45) is 5.92 Å². The lowest BCUT2D eigenvalue weighted by atomic mass is 9.89. The number of ether oxygens (including phenoxy) is 1. The molecule has 0 bridgehead atoms. The van der Waals surface area contributed by atoms with Gasteiger partial charge >= 0.3 is 12.1 Å². The van der Waals surface area contributed by atoms with E-state index in [-0.39, 0.29) is 36.2 Å². The molecule has 0 heterocycles. The van der Waals surface area contributed by atoms with Crippen LogP contribution in [0.2, 0.25) is 0 Å². The van der Waals surface area contributed by atoms with Gasteiger partial charge in [-0.25, -0.2) is 8.42 Å². The van der Waals surface area contributed by atoms with E-state index in [1.54, 1.807) is 6.92 Å². The van der Waals surface area contributed by atoms with Crippen LogP contribution in [-0.4, -0.2) is 26.2 Å². The molecule has 0 spiro atoms. The molecule has 0 aromatic heterocycles. The van der Waals surface area contributed by atoms with Gasteiger partial charge in [-0.15, -0.1) is 0 Å². The zero-order chi connectivity index (χ0) is 18.0. The molecule has 1 aliphatic rings. The summed E-state index contributed by atoms with van der Waals surface area (Å²) in [5.41, 5.74) is -0.983. The SMILES string of the molecule is CCOC(=O)C1CCC(S(=O)(=O)c2cccc(C(F)(F)F)c2)CC1. The maximum atomic E-state index is 12.8. The average Bonchev–Trinajstić information content (AvgIpc) is 2.54. The van der Waals surface area contributed by atoms with Gasteiger partial charge in [-0.3, -0.25) is 4.79 Å². The highest BCUT2D eigenvalue weighted by atomic mass is 32.2. The molecule has 134 valence electrons. The molecule has 2 rings (SSSR count). The van der Waals surface area contributed by atoms with E-state index >= 15 is 0 Å². The van der Waals surface area contributed by atoms with Crippen molar-refractivity contribution in [2.45, 2.75) is 48.9 Å². The van der Waals surface area contributed by atoms with Gasteiger partial charge in [-0.2, -0.15) is 13.2 Å². The second-order valence-electron chi connectivity index (χ2n) is 5.80. The van der Waals surface area contributed by atoms with Crippen LogP contribution in [-0.2, 0) is 25.5 Å². The third-order valence-electron chi connectivity index (χ3n) is 4.22. The number of esters is 1. The number of hydrogen-bond acceptors (Lipinski definition) is 4. The Morgan fingerprint density at radius 2 is 1.83 bits per heavy atom. The topological polar surface area (TPSA) is 60.4 Å². The summed E-state index contributed by atoms with van der Waals surface area (Å²) >= 11 is 0. The Bertz CT molecular complexity index is 690. The number of rotatable bonds is 4. The Balaban J connectivity index is 2.14. The third-order valence-corrected chi connectivity index (χ3v) is 6.48. The van der Waals surface area contributed by atoms with Gasteiger partial charge < -0.3 is 4.74 Å². The summed E-state index contributed by atoms with van der Waals surface area (Å²) in [6.07, 6.45) is -3.39. The Morgan fingerprint density at radius 1 is 1.21 bits per heavy atom. The first-order chi connectivity index (χ1) is 11.2. The van der Waals surface area contributed by atoms with Crippen LogP contribution in [0.1, 0.15) is 38.2 Å². The van der Waals surface area contributed by atoms with Crippen LogP contribution >= 0.6 is 0 Å². The van der Waals surface area contributed by atoms with Crippen LogP contribution in [0.5, 0.6) is 0 Å². The molecule has 0 amide bonds. The lowest BCUT2D eigenvalue weighted by Crippen LogP contribution is -2.31. The van der Waals surface area contributed by atoms with E-state index in [9.17, 15) is 26.4 Å². The smallest absolute Gasteiger partial charge is 0.416 e. The highest BCUT2D eigenvalue weighted by Gasteiger charge is 2.36. The number of benzene rings is 1. The van der Waals surface area contributed by atoms with Gasteiger partial charge in [0, 0.05) is 0 Å². The molecule has 1 aromatic rings. The Morgan fingerprint density at radius 3 is 2.38 bits per heavy atom. The van der Waals surface area contributed by atoms with E-state index in [0.29, 0.717) is 18.9 Å². The predicted molar refractivity (Wildman–Crippen MR) is 81.0 cm³/mol. The number of alkyl halides is 3. The molecule has 0 N–H and O–H groups in total. The van der Waals surface area contributed by atoms with Gasteiger partial charge in [0.1, 0.15) is 0 Å². The van der Waals surface area contributed by atoms with Gasteiger partial charge in [-0.05, 0) is 50.8 Å². The van der Waals surface area contributed by atoms with Crippen LogP contribution < -0.4 is 0 Å². The Kier molecular flexibility index (Phi) is 5.57. The van der Waals surface area contributed by atoms with Gasteiger partial charge in [0.05, 0.1) is 28.2 Å². The minimum atomic E-state index is -4.59. The molecule has 0 atom stereocenters. The first-order valence-electron chi connectivity index (χ1n) is 7.74. The van der Waals surface area contributed by atoms with Crippen LogP contribution in [0, 0.1) is 5.92 Å². The maximum absolute atomic E-state index is 12.8. The molecule has 0 unspecified atom stereocenters. The van der Waals surface area contributed by atoms with Crippen molar-refractivity contribution in [1.82, 2.24) is 0 Å². The summed E-state index contributed by atoms with van der Waals surface area (Å²) in [5.74, 6) is -0.676. The van der Waals surface area contributed by atoms with Crippen LogP contribution in [0.4, 0.5) is 13.2 Å². The minimum absolute atomic E-state index is 0.238. The molecular formula is C16H19F3O4S. The van der Waals surface area contributed by atoms with E-state index < -0.39 is 26.8 Å². The molecular weight excluding hydrogens is 345 g/mol. The maximum Gasteiger partial charge on any atom is 0.416 e. The first kappa shape index (κ1) is 18.8. The Hall–Kier alpha value is -1.57. The van der Waals surface area contributed by atoms with Gasteiger partial charge in [-0.1, -0.05) is 6.07 Å². The number of hydrogen-bond donors (Lipinski definition) is 0. The van der Waals surface area contributed by atoms with Crippen LogP contribution in [0.15, 0.2) is 29.2 Å². The van der Waals surface area contributed by atoms with Gasteiger partial charge in [0.15, 0.2) is 9.84 Å². The average molecular weight is 364 g/mol. The van der Waals surface area contributed by atoms with E-state index in [2.05, 4.69) is 0 Å². The summed E-state index contributed by atoms with van der Waals surface area (Å²) < 4.78 is 68.4. The molecule has 1 aromatic carbocycles. The number of halogens is 3. The molecule has 1 saturated carbocycles. The van der Waals surface area contributed by atoms with Crippen molar-refractivity contribution >= 4 is 15.8 Å². The quantitative estimate of drug-likeness (QED) is 0.766. The fraction of sp³-hybridized carbons (Fsp3) is 0.562. The highest BCUT2D eigenvalue weighted by Crippen LogP contribution is 2.35. The summed E-state index contributed by atoms with van der Waals surface area (Å²) in [6.45, 7) is 1.96. The molecule has 0 aliphatic heterocycles. The third kappa shape index (κ3) is 4.09. The number of sulfone groups is 1. The zero-order valence-electron chi connectivity index (χ0n) is 13.2. The second-order valence-corrected chi connectivity index (χ2v) is 8.02. The first-order valence-corrected chi connectivity index (χ1v) is 9.28. The summed E-state index contributed by atoms with van der Waals surface area (Å²) in [7, 11) is -3.86. The second kappa shape index (κ2) is 7.13. The normalized spacial score (nSPS) is 22.2. The monoisotopic (exact) mass is 364 g/mol. The van der Waals surface area contributed by atoms with Crippen LogP contribution in [0.3, 0.4) is 0 Å². The number of carbonyl (C=O) groups is 1. The summed E-state index contributed by atoms with van der Waals surface area (Å²) in [5, 5.41) is -0.772. The van der Waals surface area contributed by atoms with Gasteiger partial charge in [0.2, 0.25) is 0 Å². The summed E-state index contributed by atoms with van der Waals surface area (Å²) in [6, 6.07) is 3.80. The van der Waals surface area contributed by atoms with Crippen LogP contribution in [0.25, 0.3) is 0 Å². The van der Waals surface area contributed by atoms with Crippen molar-refractivity contribution in [3.05, 3.63) is 29.8 Å². The molecule has 0 saturated heterocycles. The predicted octanol–water partition coefficient (Wildman–Crippen LogP) is 3.60. The van der Waals surface area contributed by atoms with Crippen molar-refractivity contribution in [3.63, 3.8) is 0 Å².